The van der Waals surface area contributed by atoms with E-state index < -0.39 is 0 Å². The molecule has 0 amide bonds. The Morgan fingerprint density at radius 2 is 1.19 bits per heavy atom. The van der Waals surface area contributed by atoms with E-state index in [2.05, 4.69) is 128 Å². The molecule has 1 unspecified atom stereocenters. The maximum atomic E-state index is 6.56. The highest BCUT2D eigenvalue weighted by Gasteiger charge is 2.23. The third-order valence-electron chi connectivity index (χ3n) is 11.5. The summed E-state index contributed by atoms with van der Waals surface area (Å²) in [5, 5.41) is 7.12. The summed E-state index contributed by atoms with van der Waals surface area (Å²) in [5.41, 5.74) is 13.1. The molecule has 11 aromatic rings. The highest BCUT2D eigenvalue weighted by molar-refractivity contribution is 7.26. The fourth-order valence-electron chi connectivity index (χ4n) is 8.63. The minimum absolute atomic E-state index is 0.128. The number of nitrogens with zero attached hydrogens (tertiary/aromatic N) is 4. The van der Waals surface area contributed by atoms with Crippen molar-refractivity contribution in [3.05, 3.63) is 181 Å². The van der Waals surface area contributed by atoms with Crippen molar-refractivity contribution in [2.45, 2.75) is 12.8 Å². The van der Waals surface area contributed by atoms with Gasteiger partial charge in [0, 0.05) is 69.9 Å². The van der Waals surface area contributed by atoms with E-state index >= 15 is 0 Å². The zero-order valence-corrected chi connectivity index (χ0v) is 32.7. The van der Waals surface area contributed by atoms with Crippen LogP contribution in [-0.2, 0) is 0 Å². The van der Waals surface area contributed by atoms with Gasteiger partial charge in [-0.3, -0.25) is 0 Å². The predicted octanol–water partition coefficient (Wildman–Crippen LogP) is 14.3. The molecule has 0 spiro atoms. The predicted molar refractivity (Wildman–Crippen MR) is 243 cm³/mol. The maximum Gasteiger partial charge on any atom is 0.167 e. The molecule has 5 nitrogen and oxygen atoms in total. The molecule has 0 aliphatic heterocycles. The monoisotopic (exact) mass is 772 g/mol. The second kappa shape index (κ2) is 13.3. The lowest BCUT2D eigenvalue weighted by atomic mass is 9.94. The standard InChI is InChI=1S/C53H32N4OS/c1-31-12-10-18-37-38-19-11-20-41(50(38)58-49(31)37)53-56-51(34-15-6-3-7-16-34)55-52(57-53)35-24-22-32(23-25-35)36-26-28-43-42(30-36)46-40(48(54-43)33-13-4-2-5-14-33)27-29-45-47(46)39-17-8-9-21-44(39)59-45/h2-9,11-31H,1H3. The number of fused-ring (bicyclic) bond motifs is 10. The van der Waals surface area contributed by atoms with Gasteiger partial charge in [-0.25, -0.2) is 19.9 Å². The van der Waals surface area contributed by atoms with Crippen LogP contribution in [0.1, 0.15) is 24.2 Å². The molecule has 4 heterocycles. The topological polar surface area (TPSA) is 64.7 Å². The minimum Gasteiger partial charge on any atom is -0.459 e. The van der Waals surface area contributed by atoms with Crippen molar-refractivity contribution >= 4 is 70.2 Å². The maximum absolute atomic E-state index is 6.56. The highest BCUT2D eigenvalue weighted by Crippen LogP contribution is 2.44. The second-order valence-electron chi connectivity index (χ2n) is 15.1. The Morgan fingerprint density at radius 1 is 0.508 bits per heavy atom. The number of benzene rings is 7. The Balaban J connectivity index is 1.00. The average molecular weight is 773 g/mol. The van der Waals surface area contributed by atoms with Gasteiger partial charge in [0.15, 0.2) is 17.5 Å². The molecule has 0 saturated heterocycles. The molecule has 59 heavy (non-hydrogen) atoms. The van der Waals surface area contributed by atoms with Crippen molar-refractivity contribution in [1.29, 1.82) is 0 Å². The summed E-state index contributed by atoms with van der Waals surface area (Å²) in [5.74, 6) is 2.83. The number of pyridine rings is 1. The van der Waals surface area contributed by atoms with Gasteiger partial charge in [0.25, 0.3) is 0 Å². The van der Waals surface area contributed by atoms with E-state index in [1.807, 2.05) is 66.0 Å². The molecular weight excluding hydrogens is 741 g/mol. The smallest absolute Gasteiger partial charge is 0.167 e. The van der Waals surface area contributed by atoms with Crippen LogP contribution in [0, 0.1) is 0 Å². The van der Waals surface area contributed by atoms with Crippen molar-refractivity contribution < 1.29 is 4.42 Å². The molecule has 0 saturated carbocycles. The van der Waals surface area contributed by atoms with E-state index in [-0.39, 0.29) is 5.92 Å². The number of hydrogen-bond donors (Lipinski definition) is 0. The first kappa shape index (κ1) is 33.6. The van der Waals surface area contributed by atoms with Crippen LogP contribution in [0.15, 0.2) is 174 Å². The number of hydrogen-bond acceptors (Lipinski definition) is 6. The van der Waals surface area contributed by atoms with Gasteiger partial charge in [0.1, 0.15) is 11.3 Å². The van der Waals surface area contributed by atoms with Gasteiger partial charge in [-0.2, -0.15) is 0 Å². The lowest BCUT2D eigenvalue weighted by molar-refractivity contribution is 0.535. The quantitative estimate of drug-likeness (QED) is 0.129. The fraction of sp³-hybridized carbons (Fsp3) is 0.0377. The van der Waals surface area contributed by atoms with E-state index in [9.17, 15) is 0 Å². The molecule has 12 rings (SSSR count). The number of thiophene rings is 1. The molecule has 4 aromatic heterocycles. The summed E-state index contributed by atoms with van der Waals surface area (Å²) in [6, 6.07) is 55.2. The van der Waals surface area contributed by atoms with Gasteiger partial charge in [0.05, 0.1) is 16.8 Å². The van der Waals surface area contributed by atoms with Gasteiger partial charge >= 0.3 is 0 Å². The van der Waals surface area contributed by atoms with Crippen LogP contribution in [-0.4, -0.2) is 19.9 Å². The molecule has 0 fully saturated rings. The molecule has 6 heteroatoms. The van der Waals surface area contributed by atoms with Gasteiger partial charge in [-0.15, -0.1) is 17.1 Å². The van der Waals surface area contributed by atoms with Crippen molar-refractivity contribution in [2.24, 2.45) is 0 Å². The number of furan rings is 1. The Labute approximate surface area is 343 Å². The van der Waals surface area contributed by atoms with E-state index in [4.69, 9.17) is 24.4 Å². The van der Waals surface area contributed by atoms with E-state index in [1.165, 1.54) is 25.6 Å². The van der Waals surface area contributed by atoms with Crippen LogP contribution in [0.3, 0.4) is 0 Å². The van der Waals surface area contributed by atoms with E-state index in [1.54, 1.807) is 0 Å². The van der Waals surface area contributed by atoms with Gasteiger partial charge < -0.3 is 4.42 Å². The number of para-hydroxylation sites is 1. The van der Waals surface area contributed by atoms with E-state index in [0.717, 1.165) is 77.7 Å². The third-order valence-corrected chi connectivity index (χ3v) is 12.6. The molecule has 276 valence electrons. The molecule has 0 bridgehead atoms. The molecule has 7 aromatic carbocycles. The average Bonchev–Trinajstić information content (AvgIpc) is 3.89. The van der Waals surface area contributed by atoms with E-state index in [0.29, 0.717) is 17.5 Å². The zero-order valence-electron chi connectivity index (χ0n) is 31.8. The van der Waals surface area contributed by atoms with Gasteiger partial charge in [-0.05, 0) is 53.6 Å². The summed E-state index contributed by atoms with van der Waals surface area (Å²) in [7, 11) is 0. The summed E-state index contributed by atoms with van der Waals surface area (Å²) in [6.07, 6.45) is 4.04. The first-order valence-corrected chi connectivity index (χ1v) is 20.6. The number of aromatic nitrogens is 4. The summed E-state index contributed by atoms with van der Waals surface area (Å²) < 4.78 is 9.13. The Hall–Kier alpha value is -7.50. The lowest BCUT2D eigenvalue weighted by Crippen LogP contribution is -2.00. The van der Waals surface area contributed by atoms with Gasteiger partial charge in [0.2, 0.25) is 0 Å². The van der Waals surface area contributed by atoms with Crippen LogP contribution in [0.25, 0.3) is 115 Å². The lowest BCUT2D eigenvalue weighted by Gasteiger charge is -2.13. The molecule has 0 N–H and O–H groups in total. The summed E-state index contributed by atoms with van der Waals surface area (Å²) in [6.45, 7) is 2.13. The molecule has 0 radical (unpaired) electrons. The largest absolute Gasteiger partial charge is 0.459 e. The van der Waals surface area contributed by atoms with Crippen molar-refractivity contribution in [3.63, 3.8) is 0 Å². The molecule has 1 aliphatic rings. The highest BCUT2D eigenvalue weighted by atomic mass is 32.1. The SMILES string of the molecule is CC1C=C=Cc2c1oc1c(-c3nc(-c4ccccc4)nc(-c4ccc(-c5ccc6nc(-c7ccccc7)c7ccc8sc9ccccc9c8c7c6c5)cc4)n3)cccc21. The van der Waals surface area contributed by atoms with Gasteiger partial charge in [-0.1, -0.05) is 134 Å². The fourth-order valence-corrected chi connectivity index (χ4v) is 9.74. The van der Waals surface area contributed by atoms with Crippen LogP contribution in [0.2, 0.25) is 0 Å². The number of allylic oxidation sites excluding steroid dienone is 1. The van der Waals surface area contributed by atoms with Crippen LogP contribution < -0.4 is 0 Å². The van der Waals surface area contributed by atoms with Crippen molar-refractivity contribution in [2.75, 3.05) is 0 Å². The Kier molecular flexibility index (Phi) is 7.57. The number of rotatable bonds is 5. The third kappa shape index (κ3) is 5.46. The first-order valence-electron chi connectivity index (χ1n) is 19.8. The molecular formula is C53H32N4OS. The minimum atomic E-state index is 0.128. The Morgan fingerprint density at radius 3 is 2.00 bits per heavy atom. The van der Waals surface area contributed by atoms with Crippen LogP contribution >= 0.6 is 11.3 Å². The summed E-state index contributed by atoms with van der Waals surface area (Å²) >= 11 is 1.85. The summed E-state index contributed by atoms with van der Waals surface area (Å²) in [4.78, 5) is 20.5. The second-order valence-corrected chi connectivity index (χ2v) is 16.2. The van der Waals surface area contributed by atoms with Crippen LogP contribution in [0.4, 0.5) is 0 Å². The zero-order chi connectivity index (χ0) is 39.0. The normalized spacial score (nSPS) is 13.6. The van der Waals surface area contributed by atoms with Crippen molar-refractivity contribution in [1.82, 2.24) is 19.9 Å². The first-order chi connectivity index (χ1) is 29.1. The van der Waals surface area contributed by atoms with Crippen molar-refractivity contribution in [3.8, 4) is 56.5 Å². The van der Waals surface area contributed by atoms with Crippen LogP contribution in [0.5, 0.6) is 0 Å². The Bertz CT molecular complexity index is 3540. The molecule has 1 atom stereocenters. The molecule has 1 aliphatic carbocycles.